The van der Waals surface area contributed by atoms with E-state index in [0.29, 0.717) is 6.61 Å². The van der Waals surface area contributed by atoms with Crippen LogP contribution in [0.1, 0.15) is 18.4 Å². The zero-order valence-corrected chi connectivity index (χ0v) is 14.5. The molecule has 126 valence electrons. The molecule has 1 aromatic rings. The quantitative estimate of drug-likeness (QED) is 0.805. The van der Waals surface area contributed by atoms with Crippen LogP contribution in [0.25, 0.3) is 0 Å². The van der Waals surface area contributed by atoms with Gasteiger partial charge >= 0.3 is 0 Å². The number of rotatable bonds is 6. The lowest BCUT2D eigenvalue weighted by Gasteiger charge is -2.37. The van der Waals surface area contributed by atoms with E-state index < -0.39 is 10.0 Å². The van der Waals surface area contributed by atoms with E-state index in [-0.39, 0.29) is 27.4 Å². The third-order valence-corrected chi connectivity index (χ3v) is 5.89. The molecule has 0 unspecified atom stereocenters. The number of hydrogen-bond donors (Lipinski definition) is 2. The minimum Gasteiger partial charge on any atom is -0.384 e. The summed E-state index contributed by atoms with van der Waals surface area (Å²) in [5.41, 5.74) is -0.272. The molecule has 1 aromatic carbocycles. The Balaban J connectivity index is 2.21. The maximum Gasteiger partial charge on any atom is 0.241 e. The Morgan fingerprint density at radius 3 is 2.74 bits per heavy atom. The van der Waals surface area contributed by atoms with E-state index in [1.54, 1.807) is 7.11 Å². The first-order valence-corrected chi connectivity index (χ1v) is 9.18. The highest BCUT2D eigenvalue weighted by molar-refractivity contribution is 7.89. The van der Waals surface area contributed by atoms with Crippen molar-refractivity contribution in [3.05, 3.63) is 28.8 Å². The van der Waals surface area contributed by atoms with Crippen LogP contribution in [0.2, 0.25) is 5.02 Å². The summed E-state index contributed by atoms with van der Waals surface area (Å²) >= 11 is 5.92. The van der Waals surface area contributed by atoms with Gasteiger partial charge in [-0.15, -0.1) is 0 Å². The van der Waals surface area contributed by atoms with Gasteiger partial charge in [0.05, 0.1) is 17.2 Å². The smallest absolute Gasteiger partial charge is 0.241 e. The number of hydrogen-bond acceptors (Lipinski definition) is 5. The Morgan fingerprint density at radius 2 is 2.13 bits per heavy atom. The van der Waals surface area contributed by atoms with E-state index in [1.165, 1.54) is 18.2 Å². The summed E-state index contributed by atoms with van der Waals surface area (Å²) in [6.45, 7) is 2.40. The standard InChI is InChI=1S/C15H20ClN3O3S/c1-22-11-15(5-7-18-8-6-15)10-19-23(20,21)14-4-2-3-13(16)12(14)9-17/h2-4,18-19H,5-8,10-11H2,1H3. The van der Waals surface area contributed by atoms with Gasteiger partial charge in [0.1, 0.15) is 11.0 Å². The lowest BCUT2D eigenvalue weighted by Crippen LogP contribution is -2.47. The van der Waals surface area contributed by atoms with E-state index in [9.17, 15) is 8.42 Å². The van der Waals surface area contributed by atoms with Crippen molar-refractivity contribution >= 4 is 21.6 Å². The second kappa shape index (κ2) is 7.60. The number of benzene rings is 1. The summed E-state index contributed by atoms with van der Waals surface area (Å²) in [7, 11) is -2.20. The van der Waals surface area contributed by atoms with Crippen molar-refractivity contribution in [3.63, 3.8) is 0 Å². The summed E-state index contributed by atoms with van der Waals surface area (Å²) < 4.78 is 33.1. The third kappa shape index (κ3) is 4.22. The molecule has 0 spiro atoms. The second-order valence-electron chi connectivity index (χ2n) is 5.73. The molecule has 0 aliphatic carbocycles. The highest BCUT2D eigenvalue weighted by atomic mass is 35.5. The fraction of sp³-hybridized carbons (Fsp3) is 0.533. The second-order valence-corrected chi connectivity index (χ2v) is 7.87. The van der Waals surface area contributed by atoms with E-state index >= 15 is 0 Å². The number of sulfonamides is 1. The third-order valence-electron chi connectivity index (χ3n) is 4.13. The Morgan fingerprint density at radius 1 is 1.43 bits per heavy atom. The molecule has 6 nitrogen and oxygen atoms in total. The topological polar surface area (TPSA) is 91.2 Å². The molecule has 1 aliphatic rings. The van der Waals surface area contributed by atoms with Gasteiger partial charge in [-0.2, -0.15) is 5.26 Å². The Hall–Kier alpha value is -1.17. The van der Waals surface area contributed by atoms with E-state index in [4.69, 9.17) is 21.6 Å². The monoisotopic (exact) mass is 357 g/mol. The molecule has 0 aromatic heterocycles. The molecule has 1 aliphatic heterocycles. The first-order valence-electron chi connectivity index (χ1n) is 7.32. The number of halogens is 1. The van der Waals surface area contributed by atoms with Gasteiger partial charge in [0.25, 0.3) is 0 Å². The van der Waals surface area contributed by atoms with Gasteiger partial charge in [-0.3, -0.25) is 0 Å². The van der Waals surface area contributed by atoms with Crippen LogP contribution in [0.15, 0.2) is 23.1 Å². The lowest BCUT2D eigenvalue weighted by molar-refractivity contribution is 0.0577. The van der Waals surface area contributed by atoms with Gasteiger partial charge in [-0.1, -0.05) is 17.7 Å². The molecule has 0 saturated carbocycles. The highest BCUT2D eigenvalue weighted by Crippen LogP contribution is 2.29. The number of ether oxygens (including phenoxy) is 1. The van der Waals surface area contributed by atoms with Gasteiger partial charge in [-0.05, 0) is 38.1 Å². The number of nitrogens with zero attached hydrogens (tertiary/aromatic N) is 1. The molecular weight excluding hydrogens is 338 g/mol. The average Bonchev–Trinajstić information content (AvgIpc) is 2.54. The molecule has 0 atom stereocenters. The molecule has 2 N–H and O–H groups in total. The van der Waals surface area contributed by atoms with Gasteiger partial charge in [0, 0.05) is 19.1 Å². The normalized spacial score (nSPS) is 17.6. The number of nitriles is 1. The molecular formula is C15H20ClN3O3S. The van der Waals surface area contributed by atoms with Crippen LogP contribution in [0.5, 0.6) is 0 Å². The van der Waals surface area contributed by atoms with Crippen LogP contribution in [-0.2, 0) is 14.8 Å². The lowest BCUT2D eigenvalue weighted by atomic mass is 9.80. The van der Waals surface area contributed by atoms with Gasteiger partial charge in [0.15, 0.2) is 0 Å². The van der Waals surface area contributed by atoms with Crippen LogP contribution < -0.4 is 10.0 Å². The summed E-state index contributed by atoms with van der Waals surface area (Å²) in [6.07, 6.45) is 1.65. The molecule has 0 bridgehead atoms. The van der Waals surface area contributed by atoms with Crippen molar-refractivity contribution in [1.29, 1.82) is 5.26 Å². The summed E-state index contributed by atoms with van der Waals surface area (Å²) in [5, 5.41) is 12.5. The summed E-state index contributed by atoms with van der Waals surface area (Å²) in [6, 6.07) is 6.26. The summed E-state index contributed by atoms with van der Waals surface area (Å²) in [5.74, 6) is 0. The maximum absolute atomic E-state index is 12.6. The first kappa shape index (κ1) is 18.2. The van der Waals surface area contributed by atoms with Gasteiger partial charge in [0.2, 0.25) is 10.0 Å². The molecule has 1 heterocycles. The fourth-order valence-electron chi connectivity index (χ4n) is 2.80. The highest BCUT2D eigenvalue weighted by Gasteiger charge is 2.34. The van der Waals surface area contributed by atoms with Crippen LogP contribution in [-0.4, -0.2) is 41.8 Å². The van der Waals surface area contributed by atoms with Crippen molar-refractivity contribution in [3.8, 4) is 6.07 Å². The average molecular weight is 358 g/mol. The summed E-state index contributed by atoms with van der Waals surface area (Å²) in [4.78, 5) is -0.0889. The largest absolute Gasteiger partial charge is 0.384 e. The van der Waals surface area contributed by atoms with Crippen LogP contribution >= 0.6 is 11.6 Å². The maximum atomic E-state index is 12.6. The van der Waals surface area contributed by atoms with E-state index in [1.807, 2.05) is 6.07 Å². The SMILES string of the molecule is COCC1(CNS(=O)(=O)c2cccc(Cl)c2C#N)CCNCC1. The zero-order chi connectivity index (χ0) is 16.9. The van der Waals surface area contributed by atoms with Crippen LogP contribution in [0, 0.1) is 16.7 Å². The number of nitrogens with one attached hydrogen (secondary N) is 2. The molecule has 0 radical (unpaired) electrons. The molecule has 1 saturated heterocycles. The van der Waals surface area contributed by atoms with E-state index in [2.05, 4.69) is 10.0 Å². The van der Waals surface area contributed by atoms with Crippen molar-refractivity contribution in [2.75, 3.05) is 33.4 Å². The predicted octanol–water partition coefficient (Wildman–Crippen LogP) is 1.51. The molecule has 23 heavy (non-hydrogen) atoms. The van der Waals surface area contributed by atoms with Crippen molar-refractivity contribution < 1.29 is 13.2 Å². The van der Waals surface area contributed by atoms with Crippen molar-refractivity contribution in [2.24, 2.45) is 5.41 Å². The van der Waals surface area contributed by atoms with Crippen LogP contribution in [0.4, 0.5) is 0 Å². The van der Waals surface area contributed by atoms with Crippen molar-refractivity contribution in [1.82, 2.24) is 10.0 Å². The Bertz CT molecular complexity index is 689. The van der Waals surface area contributed by atoms with Gasteiger partial charge < -0.3 is 10.1 Å². The predicted molar refractivity (Wildman–Crippen MR) is 87.8 cm³/mol. The van der Waals surface area contributed by atoms with Crippen LogP contribution in [0.3, 0.4) is 0 Å². The molecule has 8 heteroatoms. The minimum atomic E-state index is -3.81. The van der Waals surface area contributed by atoms with Crippen molar-refractivity contribution in [2.45, 2.75) is 17.7 Å². The molecule has 2 rings (SSSR count). The van der Waals surface area contributed by atoms with E-state index in [0.717, 1.165) is 25.9 Å². The van der Waals surface area contributed by atoms with Gasteiger partial charge in [-0.25, -0.2) is 13.1 Å². The number of methoxy groups -OCH3 is 1. The Kier molecular flexibility index (Phi) is 6.00. The zero-order valence-electron chi connectivity index (χ0n) is 12.9. The molecule has 1 fully saturated rings. The Labute approximate surface area is 141 Å². The molecule has 0 amide bonds. The minimum absolute atomic E-state index is 0.0345. The first-order chi connectivity index (χ1) is 10.9. The fourth-order valence-corrected chi connectivity index (χ4v) is 4.40. The number of piperidine rings is 1.